The van der Waals surface area contributed by atoms with Gasteiger partial charge in [-0.15, -0.1) is 0 Å². The predicted octanol–water partition coefficient (Wildman–Crippen LogP) is 3.51. The quantitative estimate of drug-likeness (QED) is 0.580. The highest BCUT2D eigenvalue weighted by molar-refractivity contribution is 6.42. The number of carbonyl (C=O) groups excluding carboxylic acids is 3. The van der Waals surface area contributed by atoms with Gasteiger partial charge in [0.05, 0.1) is 10.0 Å². The smallest absolute Gasteiger partial charge is 0.253 e. The number of hydrogen-bond donors (Lipinski definition) is 1. The van der Waals surface area contributed by atoms with Gasteiger partial charge in [0.15, 0.2) is 0 Å². The second-order valence-corrected chi connectivity index (χ2v) is 10.9. The molecule has 206 valence electrons. The van der Waals surface area contributed by atoms with E-state index in [1.165, 1.54) is 0 Å². The summed E-state index contributed by atoms with van der Waals surface area (Å²) in [6, 6.07) is 12.1. The van der Waals surface area contributed by atoms with E-state index in [1.54, 1.807) is 47.2 Å². The SMILES string of the molecule is CN(C(=O)c1ccc(Cl)cc1)[C@@H]1CCN(C(=O)C2CCN(C(=O)CO)CC2)C[C@H]1c1ccc(Cl)c(Cl)c1.O. The molecule has 4 rings (SSSR count). The molecule has 2 saturated heterocycles. The molecule has 0 bridgehead atoms. The second kappa shape index (κ2) is 13.1. The fraction of sp³-hybridized carbons (Fsp3) is 0.444. The summed E-state index contributed by atoms with van der Waals surface area (Å²) < 4.78 is 0. The van der Waals surface area contributed by atoms with Crippen LogP contribution in [0.2, 0.25) is 15.1 Å². The van der Waals surface area contributed by atoms with Gasteiger partial charge in [-0.3, -0.25) is 14.4 Å². The lowest BCUT2D eigenvalue weighted by molar-refractivity contribution is -0.143. The first-order valence-corrected chi connectivity index (χ1v) is 13.5. The molecule has 0 unspecified atom stereocenters. The van der Waals surface area contributed by atoms with Crippen LogP contribution in [0.5, 0.6) is 0 Å². The van der Waals surface area contributed by atoms with Crippen molar-refractivity contribution in [2.75, 3.05) is 39.8 Å². The Hall–Kier alpha value is -2.36. The molecule has 8 nitrogen and oxygen atoms in total. The van der Waals surface area contributed by atoms with E-state index < -0.39 is 6.61 Å². The third kappa shape index (κ3) is 6.61. The van der Waals surface area contributed by atoms with Crippen molar-refractivity contribution in [2.45, 2.75) is 31.2 Å². The van der Waals surface area contributed by atoms with Crippen molar-refractivity contribution < 1.29 is 25.0 Å². The summed E-state index contributed by atoms with van der Waals surface area (Å²) in [4.78, 5) is 43.8. The molecule has 0 aliphatic carbocycles. The van der Waals surface area contributed by atoms with Crippen LogP contribution < -0.4 is 0 Å². The van der Waals surface area contributed by atoms with Crippen LogP contribution >= 0.6 is 34.8 Å². The molecule has 0 radical (unpaired) electrons. The fourth-order valence-corrected chi connectivity index (χ4v) is 5.79. The number of piperidine rings is 2. The monoisotopic (exact) mass is 583 g/mol. The molecule has 2 heterocycles. The highest BCUT2D eigenvalue weighted by Gasteiger charge is 2.39. The van der Waals surface area contributed by atoms with E-state index in [-0.39, 0.29) is 41.1 Å². The topological polar surface area (TPSA) is 113 Å². The molecular formula is C27H32Cl3N3O5. The van der Waals surface area contributed by atoms with Crippen molar-refractivity contribution >= 4 is 52.5 Å². The Morgan fingerprint density at radius 2 is 1.55 bits per heavy atom. The van der Waals surface area contributed by atoms with Gasteiger partial charge in [-0.2, -0.15) is 0 Å². The largest absolute Gasteiger partial charge is 0.412 e. The highest BCUT2D eigenvalue weighted by Crippen LogP contribution is 2.35. The summed E-state index contributed by atoms with van der Waals surface area (Å²) in [5, 5.41) is 10.5. The second-order valence-electron chi connectivity index (χ2n) is 9.66. The maximum absolute atomic E-state index is 13.5. The van der Waals surface area contributed by atoms with Gasteiger partial charge in [0.2, 0.25) is 11.8 Å². The number of likely N-dealkylation sites (N-methyl/N-ethyl adjacent to an activating group) is 1. The highest BCUT2D eigenvalue weighted by atomic mass is 35.5. The minimum absolute atomic E-state index is 0. The van der Waals surface area contributed by atoms with E-state index in [2.05, 4.69) is 0 Å². The average molecular weight is 585 g/mol. The lowest BCUT2D eigenvalue weighted by Gasteiger charge is -2.44. The molecule has 38 heavy (non-hydrogen) atoms. The van der Waals surface area contributed by atoms with Crippen LogP contribution in [-0.2, 0) is 9.59 Å². The van der Waals surface area contributed by atoms with Gasteiger partial charge < -0.3 is 25.3 Å². The Bertz CT molecular complexity index is 1160. The standard InChI is InChI=1S/C27H30Cl3N3O4.H2O/c1-31(26(36)17-2-5-20(28)6-3-17)24-10-13-33(15-21(24)19-4-7-22(29)23(30)14-19)27(37)18-8-11-32(12-9-18)25(35)16-34;/h2-7,14,18,21,24,34H,8-13,15-16H2,1H3;1H2/t21-,24+;/m0./s1. The number of aliphatic hydroxyl groups is 1. The molecule has 3 amide bonds. The van der Waals surface area contributed by atoms with Crippen molar-refractivity contribution in [3.05, 3.63) is 68.7 Å². The van der Waals surface area contributed by atoms with Gasteiger partial charge in [-0.25, -0.2) is 0 Å². The van der Waals surface area contributed by atoms with Crippen molar-refractivity contribution in [3.8, 4) is 0 Å². The molecule has 2 aliphatic rings. The normalized spacial score (nSPS) is 20.0. The first-order valence-electron chi connectivity index (χ1n) is 12.3. The molecule has 2 aliphatic heterocycles. The number of rotatable bonds is 5. The van der Waals surface area contributed by atoms with Gasteiger partial charge in [0.25, 0.3) is 5.91 Å². The fourth-order valence-electron chi connectivity index (χ4n) is 5.35. The predicted molar refractivity (Wildman–Crippen MR) is 148 cm³/mol. The van der Waals surface area contributed by atoms with Gasteiger partial charge in [-0.1, -0.05) is 40.9 Å². The summed E-state index contributed by atoms with van der Waals surface area (Å²) in [5.41, 5.74) is 1.46. The number of halogens is 3. The van der Waals surface area contributed by atoms with Crippen LogP contribution in [0.25, 0.3) is 0 Å². The molecule has 0 saturated carbocycles. The van der Waals surface area contributed by atoms with E-state index >= 15 is 0 Å². The summed E-state index contributed by atoms with van der Waals surface area (Å²) >= 11 is 18.5. The zero-order valence-corrected chi connectivity index (χ0v) is 23.3. The Kier molecular flexibility index (Phi) is 10.4. The van der Waals surface area contributed by atoms with Crippen molar-refractivity contribution in [3.63, 3.8) is 0 Å². The summed E-state index contributed by atoms with van der Waals surface area (Å²) in [6.07, 6.45) is 1.74. The van der Waals surface area contributed by atoms with Crippen LogP contribution in [0.15, 0.2) is 42.5 Å². The van der Waals surface area contributed by atoms with Crippen molar-refractivity contribution in [2.24, 2.45) is 5.92 Å². The van der Waals surface area contributed by atoms with Crippen molar-refractivity contribution in [1.29, 1.82) is 0 Å². The van der Waals surface area contributed by atoms with Gasteiger partial charge >= 0.3 is 0 Å². The van der Waals surface area contributed by atoms with E-state index in [0.717, 1.165) is 5.56 Å². The molecular weight excluding hydrogens is 553 g/mol. The lowest BCUT2D eigenvalue weighted by Crippen LogP contribution is -2.53. The van der Waals surface area contributed by atoms with E-state index in [0.29, 0.717) is 66.1 Å². The molecule has 2 aromatic rings. The number of nitrogens with zero attached hydrogens (tertiary/aromatic N) is 3. The molecule has 3 N–H and O–H groups in total. The summed E-state index contributed by atoms with van der Waals surface area (Å²) in [6.45, 7) is 1.37. The van der Waals surface area contributed by atoms with Crippen LogP contribution in [0.1, 0.15) is 41.1 Å². The molecule has 2 fully saturated rings. The average Bonchev–Trinajstić information content (AvgIpc) is 2.93. The minimum Gasteiger partial charge on any atom is -0.412 e. The van der Waals surface area contributed by atoms with Crippen molar-refractivity contribution in [1.82, 2.24) is 14.7 Å². The zero-order chi connectivity index (χ0) is 26.7. The summed E-state index contributed by atoms with van der Waals surface area (Å²) in [7, 11) is 1.79. The number of hydrogen-bond acceptors (Lipinski definition) is 4. The van der Waals surface area contributed by atoms with Crippen LogP contribution in [-0.4, -0.2) is 88.9 Å². The number of likely N-dealkylation sites (tertiary alicyclic amines) is 2. The zero-order valence-electron chi connectivity index (χ0n) is 21.1. The first-order chi connectivity index (χ1) is 17.7. The molecule has 0 spiro atoms. The van der Waals surface area contributed by atoms with Gasteiger partial charge in [0.1, 0.15) is 6.61 Å². The number of amides is 3. The van der Waals surface area contributed by atoms with E-state index in [4.69, 9.17) is 39.9 Å². The Labute approximate surface area is 237 Å². The number of benzene rings is 2. The van der Waals surface area contributed by atoms with E-state index in [1.807, 2.05) is 17.0 Å². The van der Waals surface area contributed by atoms with E-state index in [9.17, 15) is 14.4 Å². The maximum atomic E-state index is 13.5. The third-order valence-corrected chi connectivity index (χ3v) is 8.49. The summed E-state index contributed by atoms with van der Waals surface area (Å²) in [5.74, 6) is -0.703. The van der Waals surface area contributed by atoms with Crippen LogP contribution in [0.3, 0.4) is 0 Å². The molecule has 11 heteroatoms. The Morgan fingerprint density at radius 3 is 2.16 bits per heavy atom. The Morgan fingerprint density at radius 1 is 0.921 bits per heavy atom. The molecule has 2 atom stereocenters. The number of carbonyl (C=O) groups is 3. The van der Waals surface area contributed by atoms with Crippen LogP contribution in [0, 0.1) is 5.92 Å². The van der Waals surface area contributed by atoms with Crippen LogP contribution in [0.4, 0.5) is 0 Å². The Balaban J connectivity index is 0.00000400. The molecule has 2 aromatic carbocycles. The maximum Gasteiger partial charge on any atom is 0.253 e. The number of aliphatic hydroxyl groups excluding tert-OH is 1. The first kappa shape index (κ1) is 30.2. The minimum atomic E-state index is -0.514. The molecule has 0 aromatic heterocycles. The lowest BCUT2D eigenvalue weighted by atomic mass is 9.83. The van der Waals surface area contributed by atoms with Gasteiger partial charge in [-0.05, 0) is 61.2 Å². The third-order valence-electron chi connectivity index (χ3n) is 7.50. The van der Waals surface area contributed by atoms with Gasteiger partial charge in [0, 0.05) is 61.7 Å².